The van der Waals surface area contributed by atoms with Gasteiger partial charge in [-0.3, -0.25) is 14.5 Å². The average molecular weight is 469 g/mol. The van der Waals surface area contributed by atoms with E-state index < -0.39 is 0 Å². The van der Waals surface area contributed by atoms with E-state index in [4.69, 9.17) is 21.1 Å². The Morgan fingerprint density at radius 3 is 2.41 bits per heavy atom. The number of ether oxygens (including phenoxy) is 2. The van der Waals surface area contributed by atoms with Crippen LogP contribution in [0.3, 0.4) is 0 Å². The van der Waals surface area contributed by atoms with E-state index in [2.05, 4.69) is 15.9 Å². The highest BCUT2D eigenvalue weighted by molar-refractivity contribution is 9.10. The number of amides is 2. The Bertz CT molecular complexity index is 930. The van der Waals surface area contributed by atoms with Crippen LogP contribution in [-0.4, -0.2) is 30.3 Å². The molecule has 0 N–H and O–H groups in total. The molecular formula is C19H15BrClNO4S. The van der Waals surface area contributed by atoms with Crippen molar-refractivity contribution in [3.8, 4) is 11.5 Å². The minimum Gasteiger partial charge on any atom is -0.496 e. The predicted octanol–water partition coefficient (Wildman–Crippen LogP) is 5.36. The number of hydrogen-bond donors (Lipinski definition) is 0. The lowest BCUT2D eigenvalue weighted by atomic mass is 10.1. The number of carbonyl (C=O) groups is 2. The Kier molecular flexibility index (Phi) is 6.14. The second-order valence-electron chi connectivity index (χ2n) is 5.62. The zero-order chi connectivity index (χ0) is 19.6. The van der Waals surface area contributed by atoms with Crippen LogP contribution in [0.1, 0.15) is 11.1 Å². The van der Waals surface area contributed by atoms with Gasteiger partial charge in [-0.2, -0.15) is 0 Å². The van der Waals surface area contributed by atoms with Crippen molar-refractivity contribution in [2.75, 3.05) is 14.2 Å². The number of carbonyl (C=O) groups excluding carboxylic acids is 2. The maximum Gasteiger partial charge on any atom is 0.293 e. The molecule has 27 heavy (non-hydrogen) atoms. The third-order valence-corrected chi connectivity index (χ3v) is 5.70. The van der Waals surface area contributed by atoms with Crippen LogP contribution < -0.4 is 9.47 Å². The molecule has 0 unspecified atom stereocenters. The molecule has 0 atom stereocenters. The van der Waals surface area contributed by atoms with Crippen molar-refractivity contribution in [2.45, 2.75) is 6.54 Å². The molecule has 2 aromatic carbocycles. The van der Waals surface area contributed by atoms with E-state index >= 15 is 0 Å². The summed E-state index contributed by atoms with van der Waals surface area (Å²) in [4.78, 5) is 26.6. The fourth-order valence-corrected chi connectivity index (χ4v) is 4.02. The molecule has 1 fully saturated rings. The lowest BCUT2D eigenvalue weighted by Gasteiger charge is -2.12. The molecule has 140 valence electrons. The van der Waals surface area contributed by atoms with Gasteiger partial charge in [0.05, 0.1) is 30.1 Å². The van der Waals surface area contributed by atoms with Crippen LogP contribution in [0.4, 0.5) is 4.79 Å². The normalized spacial score (nSPS) is 15.6. The number of thioether (sulfide) groups is 1. The molecule has 0 saturated carbocycles. The molecule has 0 aromatic heterocycles. The lowest BCUT2D eigenvalue weighted by Crippen LogP contribution is -2.27. The Morgan fingerprint density at radius 1 is 1.11 bits per heavy atom. The Hall–Kier alpha value is -1.96. The minimum atomic E-state index is -0.339. The molecule has 2 aromatic rings. The molecule has 1 saturated heterocycles. The third kappa shape index (κ3) is 4.31. The van der Waals surface area contributed by atoms with E-state index in [0.717, 1.165) is 21.8 Å². The number of hydrogen-bond acceptors (Lipinski definition) is 5. The van der Waals surface area contributed by atoms with Crippen molar-refractivity contribution >= 4 is 56.5 Å². The monoisotopic (exact) mass is 467 g/mol. The summed E-state index contributed by atoms with van der Waals surface area (Å²) in [5.74, 6) is 0.813. The zero-order valence-electron chi connectivity index (χ0n) is 14.5. The summed E-state index contributed by atoms with van der Waals surface area (Å²) in [7, 11) is 3.09. The Labute approximate surface area is 174 Å². The van der Waals surface area contributed by atoms with Crippen LogP contribution in [0.2, 0.25) is 5.02 Å². The summed E-state index contributed by atoms with van der Waals surface area (Å²) in [5, 5.41) is 0.290. The zero-order valence-corrected chi connectivity index (χ0v) is 17.7. The largest absolute Gasteiger partial charge is 0.496 e. The minimum absolute atomic E-state index is 0.197. The van der Waals surface area contributed by atoms with E-state index in [9.17, 15) is 9.59 Å². The first-order valence-corrected chi connectivity index (χ1v) is 9.83. The first-order valence-electron chi connectivity index (χ1n) is 7.84. The molecule has 2 amide bonds. The maximum absolute atomic E-state index is 12.7. The standard InChI is InChI=1S/C19H15BrClNO4S/c1-25-15-9-16(26-2)14(20)7-12(15)8-17-18(23)22(19(24)27-17)10-11-3-5-13(21)6-4-11/h3-9H,10H2,1-2H3. The second-order valence-corrected chi connectivity index (χ2v) is 7.91. The molecule has 0 radical (unpaired) electrons. The SMILES string of the molecule is COc1cc(OC)c(C=C2SC(=O)N(Cc3ccc(Cl)cc3)C2=O)cc1Br. The lowest BCUT2D eigenvalue weighted by molar-refractivity contribution is -0.123. The van der Waals surface area contributed by atoms with E-state index in [1.165, 1.54) is 12.0 Å². The Balaban J connectivity index is 1.88. The molecule has 1 heterocycles. The van der Waals surface area contributed by atoms with Crippen LogP contribution in [0.5, 0.6) is 11.5 Å². The molecule has 0 bridgehead atoms. The van der Waals surface area contributed by atoms with E-state index in [-0.39, 0.29) is 17.7 Å². The maximum atomic E-state index is 12.7. The van der Waals surface area contributed by atoms with Gasteiger partial charge in [0.2, 0.25) is 0 Å². The third-order valence-electron chi connectivity index (χ3n) is 3.92. The predicted molar refractivity (Wildman–Crippen MR) is 110 cm³/mol. The summed E-state index contributed by atoms with van der Waals surface area (Å²) in [5.41, 5.74) is 1.50. The molecule has 0 spiro atoms. The van der Waals surface area contributed by atoms with Gasteiger partial charge in [-0.15, -0.1) is 0 Å². The molecule has 8 heteroatoms. The summed E-state index contributed by atoms with van der Waals surface area (Å²) in [6, 6.07) is 10.5. The molecule has 5 nitrogen and oxygen atoms in total. The van der Waals surface area contributed by atoms with Crippen molar-refractivity contribution in [3.05, 3.63) is 61.9 Å². The summed E-state index contributed by atoms with van der Waals surface area (Å²) in [6.45, 7) is 0.197. The van der Waals surface area contributed by atoms with Crippen LogP contribution in [0.15, 0.2) is 45.8 Å². The smallest absolute Gasteiger partial charge is 0.293 e. The highest BCUT2D eigenvalue weighted by Gasteiger charge is 2.35. The van der Waals surface area contributed by atoms with Gasteiger partial charge in [-0.25, -0.2) is 0 Å². The number of imide groups is 1. The molecule has 1 aliphatic heterocycles. The van der Waals surface area contributed by atoms with Crippen LogP contribution in [0.25, 0.3) is 6.08 Å². The van der Waals surface area contributed by atoms with Gasteiger partial charge in [0.15, 0.2) is 0 Å². The average Bonchev–Trinajstić information content (AvgIpc) is 2.91. The van der Waals surface area contributed by atoms with Crippen molar-refractivity contribution < 1.29 is 19.1 Å². The molecule has 3 rings (SSSR count). The Morgan fingerprint density at radius 2 is 1.78 bits per heavy atom. The van der Waals surface area contributed by atoms with Gasteiger partial charge < -0.3 is 9.47 Å². The van der Waals surface area contributed by atoms with E-state index in [1.807, 2.05) is 0 Å². The summed E-state index contributed by atoms with van der Waals surface area (Å²) >= 11 is 10.2. The van der Waals surface area contributed by atoms with Gasteiger partial charge in [-0.05, 0) is 57.5 Å². The van der Waals surface area contributed by atoms with Gasteiger partial charge in [0.25, 0.3) is 11.1 Å². The first kappa shape index (κ1) is 19.8. The van der Waals surface area contributed by atoms with Crippen molar-refractivity contribution in [1.29, 1.82) is 0 Å². The highest BCUT2D eigenvalue weighted by Crippen LogP contribution is 2.38. The summed E-state index contributed by atoms with van der Waals surface area (Å²) in [6.07, 6.45) is 1.65. The fraction of sp³-hybridized carbons (Fsp3) is 0.158. The molecular weight excluding hydrogens is 454 g/mol. The van der Waals surface area contributed by atoms with Gasteiger partial charge in [-0.1, -0.05) is 23.7 Å². The van der Waals surface area contributed by atoms with Crippen LogP contribution in [0, 0.1) is 0 Å². The number of halogens is 2. The van der Waals surface area contributed by atoms with Gasteiger partial charge >= 0.3 is 0 Å². The van der Waals surface area contributed by atoms with E-state index in [0.29, 0.717) is 27.0 Å². The van der Waals surface area contributed by atoms with Crippen molar-refractivity contribution in [3.63, 3.8) is 0 Å². The molecule has 1 aliphatic rings. The quantitative estimate of drug-likeness (QED) is 0.553. The number of nitrogens with zero attached hydrogens (tertiary/aromatic N) is 1. The second kappa shape index (κ2) is 8.37. The number of rotatable bonds is 5. The highest BCUT2D eigenvalue weighted by atomic mass is 79.9. The first-order chi connectivity index (χ1) is 12.9. The van der Waals surface area contributed by atoms with Crippen molar-refractivity contribution in [2.24, 2.45) is 0 Å². The van der Waals surface area contributed by atoms with Gasteiger partial charge in [0, 0.05) is 16.7 Å². The van der Waals surface area contributed by atoms with Gasteiger partial charge in [0.1, 0.15) is 11.5 Å². The topological polar surface area (TPSA) is 55.8 Å². The van der Waals surface area contributed by atoms with Crippen LogP contribution in [-0.2, 0) is 11.3 Å². The number of methoxy groups -OCH3 is 2. The van der Waals surface area contributed by atoms with Crippen LogP contribution >= 0.6 is 39.3 Å². The van der Waals surface area contributed by atoms with Crippen molar-refractivity contribution in [1.82, 2.24) is 4.90 Å². The molecule has 0 aliphatic carbocycles. The summed E-state index contributed by atoms with van der Waals surface area (Å²) < 4.78 is 11.3. The van der Waals surface area contributed by atoms with E-state index in [1.54, 1.807) is 49.6 Å². The fourth-order valence-electron chi connectivity index (χ4n) is 2.55. The number of benzene rings is 2.